The quantitative estimate of drug-likeness (QED) is 0.847. The van der Waals surface area contributed by atoms with Gasteiger partial charge in [-0.05, 0) is 32.9 Å². The third kappa shape index (κ3) is 2.37. The molecule has 8 heteroatoms. The summed E-state index contributed by atoms with van der Waals surface area (Å²) >= 11 is 0. The lowest BCUT2D eigenvalue weighted by atomic mass is 10.1. The molecule has 1 aliphatic rings. The van der Waals surface area contributed by atoms with E-state index in [0.717, 1.165) is 0 Å². The van der Waals surface area contributed by atoms with Crippen molar-refractivity contribution in [2.45, 2.75) is 38.0 Å². The molecule has 0 bridgehead atoms. The predicted molar refractivity (Wildman–Crippen MR) is 78.5 cm³/mol. The molecule has 118 valence electrons. The van der Waals surface area contributed by atoms with E-state index in [9.17, 15) is 12.8 Å². The molecule has 1 aromatic carbocycles. The topological polar surface area (TPSA) is 81.8 Å². The highest BCUT2D eigenvalue weighted by atomic mass is 32.2. The van der Waals surface area contributed by atoms with E-state index in [1.54, 1.807) is 13.8 Å². The molecule has 22 heavy (non-hydrogen) atoms. The van der Waals surface area contributed by atoms with Gasteiger partial charge in [0, 0.05) is 17.9 Å². The van der Waals surface area contributed by atoms with Crippen LogP contribution in [0.3, 0.4) is 0 Å². The first-order valence-electron chi connectivity index (χ1n) is 6.74. The number of aromatic nitrogens is 1. The van der Waals surface area contributed by atoms with Crippen molar-refractivity contribution in [2.75, 3.05) is 0 Å². The molecule has 0 spiro atoms. The summed E-state index contributed by atoms with van der Waals surface area (Å²) in [4.78, 5) is 5.13. The second-order valence-corrected chi connectivity index (χ2v) is 8.18. The molecule has 1 aliphatic heterocycles. The predicted octanol–water partition coefficient (Wildman–Crippen LogP) is 2.96. The zero-order valence-corrected chi connectivity index (χ0v) is 13.1. The molecule has 0 N–H and O–H groups in total. The van der Waals surface area contributed by atoms with Gasteiger partial charge in [0.25, 0.3) is 0 Å². The third-order valence-corrected chi connectivity index (χ3v) is 5.64. The summed E-state index contributed by atoms with van der Waals surface area (Å²) in [5.41, 5.74) is -0.193. The number of sulfone groups is 1. The van der Waals surface area contributed by atoms with E-state index >= 15 is 0 Å². The molecule has 0 amide bonds. The lowest BCUT2D eigenvalue weighted by Crippen LogP contribution is -2.25. The molecular formula is C14H15FN2O4S. The maximum Gasteiger partial charge on any atom is 0.203 e. The molecule has 2 heterocycles. The van der Waals surface area contributed by atoms with Crippen molar-refractivity contribution in [1.29, 1.82) is 0 Å². The van der Waals surface area contributed by atoms with E-state index < -0.39 is 26.5 Å². The molecule has 0 unspecified atom stereocenters. The fourth-order valence-electron chi connectivity index (χ4n) is 2.33. The van der Waals surface area contributed by atoms with Crippen LogP contribution in [0.4, 0.5) is 4.39 Å². The standard InChI is InChI=1S/C14H15FN2O4S/c1-8(22(18,19)12-7-14(2,3)21-16-12)13-10-5-4-9(15)6-11(10)20-17-13/h4-6,8H,7H2,1-3H3/t8-/m1/s1. The van der Waals surface area contributed by atoms with Crippen LogP contribution in [0.2, 0.25) is 0 Å². The Morgan fingerprint density at radius 1 is 1.36 bits per heavy atom. The zero-order valence-electron chi connectivity index (χ0n) is 12.3. The molecule has 0 saturated heterocycles. The Balaban J connectivity index is 2.00. The number of halogens is 1. The van der Waals surface area contributed by atoms with E-state index in [0.29, 0.717) is 5.39 Å². The summed E-state index contributed by atoms with van der Waals surface area (Å²) in [6, 6.07) is 3.87. The Kier molecular flexibility index (Phi) is 3.24. The summed E-state index contributed by atoms with van der Waals surface area (Å²) in [6.07, 6.45) is 0.198. The average Bonchev–Trinajstić information content (AvgIpc) is 3.00. The van der Waals surface area contributed by atoms with Gasteiger partial charge in [0.05, 0.1) is 0 Å². The minimum Gasteiger partial charge on any atom is -0.389 e. The largest absolute Gasteiger partial charge is 0.389 e. The second-order valence-electron chi connectivity index (χ2n) is 5.91. The van der Waals surface area contributed by atoms with Crippen molar-refractivity contribution in [3.63, 3.8) is 0 Å². The number of rotatable bonds is 2. The molecule has 0 radical (unpaired) electrons. The van der Waals surface area contributed by atoms with Crippen molar-refractivity contribution in [3.8, 4) is 0 Å². The number of hydrogen-bond donors (Lipinski definition) is 0. The van der Waals surface area contributed by atoms with Gasteiger partial charge in [-0.2, -0.15) is 0 Å². The van der Waals surface area contributed by atoms with Crippen LogP contribution in [-0.2, 0) is 14.7 Å². The normalized spacial score (nSPS) is 19.0. The molecule has 2 aromatic rings. The third-order valence-electron chi connectivity index (χ3n) is 3.61. The Morgan fingerprint density at radius 2 is 2.09 bits per heavy atom. The smallest absolute Gasteiger partial charge is 0.203 e. The van der Waals surface area contributed by atoms with Crippen molar-refractivity contribution in [1.82, 2.24) is 5.16 Å². The van der Waals surface area contributed by atoms with Crippen LogP contribution in [0.5, 0.6) is 0 Å². The molecular weight excluding hydrogens is 311 g/mol. The Labute approximate surface area is 126 Å². The molecule has 6 nitrogen and oxygen atoms in total. The maximum atomic E-state index is 13.2. The molecule has 0 aliphatic carbocycles. The van der Waals surface area contributed by atoms with Gasteiger partial charge >= 0.3 is 0 Å². The van der Waals surface area contributed by atoms with E-state index in [1.165, 1.54) is 25.1 Å². The van der Waals surface area contributed by atoms with Crippen LogP contribution in [0.25, 0.3) is 11.0 Å². The van der Waals surface area contributed by atoms with Crippen LogP contribution in [-0.4, -0.2) is 24.2 Å². The Hall–Kier alpha value is -1.96. The van der Waals surface area contributed by atoms with Crippen LogP contribution in [0.15, 0.2) is 27.9 Å². The lowest BCUT2D eigenvalue weighted by Gasteiger charge is -2.14. The van der Waals surface area contributed by atoms with E-state index in [4.69, 9.17) is 9.36 Å². The summed E-state index contributed by atoms with van der Waals surface area (Å²) in [5, 5.41) is 6.98. The van der Waals surface area contributed by atoms with Crippen LogP contribution < -0.4 is 0 Å². The molecule has 1 aromatic heterocycles. The Bertz CT molecular complexity index is 870. The van der Waals surface area contributed by atoms with Crippen molar-refractivity contribution >= 4 is 25.9 Å². The first kappa shape index (κ1) is 15.0. The zero-order chi connectivity index (χ0) is 16.1. The minimum atomic E-state index is -3.73. The summed E-state index contributed by atoms with van der Waals surface area (Å²) < 4.78 is 43.5. The van der Waals surface area contributed by atoms with Crippen LogP contribution in [0, 0.1) is 5.82 Å². The fourth-order valence-corrected chi connectivity index (χ4v) is 3.89. The summed E-state index contributed by atoms with van der Waals surface area (Å²) in [7, 11) is -3.73. The molecule has 0 fully saturated rings. The molecule has 3 rings (SSSR count). The Morgan fingerprint density at radius 3 is 2.73 bits per heavy atom. The SMILES string of the molecule is C[C@H](c1noc2cc(F)ccc12)S(=O)(=O)C1=NOC(C)(C)C1. The monoisotopic (exact) mass is 326 g/mol. The van der Waals surface area contributed by atoms with Gasteiger partial charge in [0.2, 0.25) is 9.84 Å². The minimum absolute atomic E-state index is 0.0109. The average molecular weight is 326 g/mol. The van der Waals surface area contributed by atoms with Crippen LogP contribution in [0.1, 0.15) is 38.1 Å². The first-order chi connectivity index (χ1) is 10.2. The van der Waals surface area contributed by atoms with Crippen LogP contribution >= 0.6 is 0 Å². The lowest BCUT2D eigenvalue weighted by molar-refractivity contribution is 0.0123. The molecule has 0 saturated carbocycles. The number of hydrogen-bond acceptors (Lipinski definition) is 6. The number of benzene rings is 1. The van der Waals surface area contributed by atoms with Gasteiger partial charge in [0.15, 0.2) is 10.6 Å². The summed E-state index contributed by atoms with van der Waals surface area (Å²) in [5.74, 6) is -0.471. The number of fused-ring (bicyclic) bond motifs is 1. The van der Waals surface area contributed by atoms with Crippen molar-refractivity contribution < 1.29 is 22.2 Å². The second kappa shape index (κ2) is 4.77. The van der Waals surface area contributed by atoms with E-state index in [1.807, 2.05) is 0 Å². The highest BCUT2D eigenvalue weighted by Crippen LogP contribution is 2.34. The first-order valence-corrected chi connectivity index (χ1v) is 8.29. The van der Waals surface area contributed by atoms with Crippen molar-refractivity contribution in [3.05, 3.63) is 29.7 Å². The van der Waals surface area contributed by atoms with Gasteiger partial charge in [-0.1, -0.05) is 10.3 Å². The van der Waals surface area contributed by atoms with E-state index in [-0.39, 0.29) is 22.7 Å². The van der Waals surface area contributed by atoms with Gasteiger partial charge < -0.3 is 9.36 Å². The van der Waals surface area contributed by atoms with E-state index in [2.05, 4.69) is 10.3 Å². The highest BCUT2D eigenvalue weighted by Gasteiger charge is 2.40. The van der Waals surface area contributed by atoms with Gasteiger partial charge in [-0.15, -0.1) is 0 Å². The number of oxime groups is 1. The van der Waals surface area contributed by atoms with Crippen molar-refractivity contribution in [2.24, 2.45) is 5.16 Å². The summed E-state index contributed by atoms with van der Waals surface area (Å²) in [6.45, 7) is 5.03. The molecule has 1 atom stereocenters. The van der Waals surface area contributed by atoms with Gasteiger partial charge in [-0.3, -0.25) is 0 Å². The van der Waals surface area contributed by atoms with Gasteiger partial charge in [0.1, 0.15) is 22.4 Å². The van der Waals surface area contributed by atoms with Gasteiger partial charge in [-0.25, -0.2) is 12.8 Å². The maximum absolute atomic E-state index is 13.2. The fraction of sp³-hybridized carbons (Fsp3) is 0.429. The number of nitrogens with zero attached hydrogens (tertiary/aromatic N) is 2. The highest BCUT2D eigenvalue weighted by molar-refractivity contribution is 8.06.